The summed E-state index contributed by atoms with van der Waals surface area (Å²) in [5.74, 6) is -0.235. The van der Waals surface area contributed by atoms with Gasteiger partial charge in [0.25, 0.3) is 0 Å². The molecule has 0 radical (unpaired) electrons. The van der Waals surface area contributed by atoms with Crippen LogP contribution in [-0.2, 0) is 14.9 Å². The summed E-state index contributed by atoms with van der Waals surface area (Å²) in [7, 11) is 0. The monoisotopic (exact) mass is 298 g/mol. The SMILES string of the molecule is CCOC(=O)C(C)(C)c1csc(NC(C)C(C)(C)C)n1. The molecule has 1 atom stereocenters. The van der Waals surface area contributed by atoms with Gasteiger partial charge in [-0.25, -0.2) is 4.98 Å². The summed E-state index contributed by atoms with van der Waals surface area (Å²) in [5.41, 5.74) is 0.199. The summed E-state index contributed by atoms with van der Waals surface area (Å²) in [6.45, 7) is 14.6. The Bertz CT molecular complexity index is 461. The van der Waals surface area contributed by atoms with Gasteiger partial charge in [-0.15, -0.1) is 11.3 Å². The molecule has 0 aromatic carbocycles. The molecule has 1 N–H and O–H groups in total. The molecule has 1 aromatic heterocycles. The molecule has 1 unspecified atom stereocenters. The van der Waals surface area contributed by atoms with E-state index in [1.807, 2.05) is 26.2 Å². The Balaban J connectivity index is 2.84. The molecule has 4 nitrogen and oxygen atoms in total. The van der Waals surface area contributed by atoms with Crippen molar-refractivity contribution >= 4 is 22.4 Å². The molecule has 0 bridgehead atoms. The van der Waals surface area contributed by atoms with Crippen LogP contribution >= 0.6 is 11.3 Å². The minimum atomic E-state index is -0.711. The van der Waals surface area contributed by atoms with Crippen LogP contribution in [0.5, 0.6) is 0 Å². The number of ether oxygens (including phenoxy) is 1. The lowest BCUT2D eigenvalue weighted by atomic mass is 9.88. The second-order valence-corrected chi connectivity index (χ2v) is 7.47. The summed E-state index contributed by atoms with van der Waals surface area (Å²) in [6, 6.07) is 0.298. The van der Waals surface area contributed by atoms with Crippen LogP contribution in [0.2, 0.25) is 0 Å². The zero-order chi connectivity index (χ0) is 15.6. The van der Waals surface area contributed by atoms with Gasteiger partial charge in [-0.05, 0) is 33.1 Å². The Labute approximate surface area is 125 Å². The van der Waals surface area contributed by atoms with Gasteiger partial charge in [0.05, 0.1) is 12.3 Å². The summed E-state index contributed by atoms with van der Waals surface area (Å²) in [5, 5.41) is 6.17. The van der Waals surface area contributed by atoms with Gasteiger partial charge in [-0.3, -0.25) is 4.79 Å². The standard InChI is InChI=1S/C15H26N2O2S/c1-8-19-12(18)15(6,7)11-9-20-13(17-11)16-10(2)14(3,4)5/h9-10H,8H2,1-7H3,(H,16,17). The van der Waals surface area contributed by atoms with Crippen molar-refractivity contribution in [1.82, 2.24) is 4.98 Å². The Kier molecular flexibility index (Phi) is 5.19. The second-order valence-electron chi connectivity index (χ2n) is 6.62. The second kappa shape index (κ2) is 6.12. The van der Waals surface area contributed by atoms with Crippen LogP contribution in [0.25, 0.3) is 0 Å². The maximum Gasteiger partial charge on any atom is 0.317 e. The normalized spacial score (nSPS) is 13.9. The molecule has 1 heterocycles. The first-order valence-corrected chi connectivity index (χ1v) is 7.86. The van der Waals surface area contributed by atoms with E-state index in [1.165, 1.54) is 11.3 Å². The van der Waals surface area contributed by atoms with Crippen molar-refractivity contribution in [1.29, 1.82) is 0 Å². The van der Waals surface area contributed by atoms with Gasteiger partial charge in [-0.2, -0.15) is 0 Å². The van der Waals surface area contributed by atoms with Crippen LogP contribution in [0.15, 0.2) is 5.38 Å². The number of esters is 1. The highest BCUT2D eigenvalue weighted by Gasteiger charge is 2.34. The molecule has 0 aliphatic carbocycles. The maximum absolute atomic E-state index is 12.0. The number of thiazole rings is 1. The summed E-state index contributed by atoms with van der Waals surface area (Å²) in [6.07, 6.45) is 0. The average Bonchev–Trinajstić information content (AvgIpc) is 2.77. The Morgan fingerprint density at radius 2 is 2.00 bits per heavy atom. The number of rotatable bonds is 5. The molecule has 0 fully saturated rings. The van der Waals surface area contributed by atoms with Crippen LogP contribution in [0.3, 0.4) is 0 Å². The smallest absolute Gasteiger partial charge is 0.317 e. The highest BCUT2D eigenvalue weighted by atomic mass is 32.1. The van der Waals surface area contributed by atoms with Gasteiger partial charge in [0, 0.05) is 11.4 Å². The van der Waals surface area contributed by atoms with E-state index in [4.69, 9.17) is 4.74 Å². The lowest BCUT2D eigenvalue weighted by molar-refractivity contribution is -0.148. The quantitative estimate of drug-likeness (QED) is 0.839. The average molecular weight is 298 g/mol. The molecule has 0 aliphatic heterocycles. The third-order valence-corrected chi connectivity index (χ3v) is 4.34. The lowest BCUT2D eigenvalue weighted by Crippen LogP contribution is -2.32. The molecule has 20 heavy (non-hydrogen) atoms. The number of hydrogen-bond donors (Lipinski definition) is 1. The van der Waals surface area contributed by atoms with E-state index < -0.39 is 5.41 Å². The van der Waals surface area contributed by atoms with Crippen LogP contribution in [0.1, 0.15) is 54.2 Å². The summed E-state index contributed by atoms with van der Waals surface area (Å²) in [4.78, 5) is 16.5. The van der Waals surface area contributed by atoms with Gasteiger partial charge in [-0.1, -0.05) is 20.8 Å². The zero-order valence-corrected chi connectivity index (χ0v) is 14.4. The van der Waals surface area contributed by atoms with Crippen LogP contribution in [-0.4, -0.2) is 23.6 Å². The number of carbonyl (C=O) groups excluding carboxylic acids is 1. The van der Waals surface area contributed by atoms with E-state index in [9.17, 15) is 4.79 Å². The molecule has 0 spiro atoms. The number of aromatic nitrogens is 1. The van der Waals surface area contributed by atoms with Crippen LogP contribution < -0.4 is 5.32 Å². The van der Waals surface area contributed by atoms with Crippen molar-refractivity contribution < 1.29 is 9.53 Å². The molecule has 1 rings (SSSR count). The van der Waals surface area contributed by atoms with E-state index in [1.54, 1.807) is 0 Å². The van der Waals surface area contributed by atoms with Crippen molar-refractivity contribution in [2.75, 3.05) is 11.9 Å². The molecule has 0 aliphatic rings. The Hall–Kier alpha value is -1.10. The fourth-order valence-corrected chi connectivity index (χ4v) is 2.41. The molecule has 1 aromatic rings. The fourth-order valence-electron chi connectivity index (χ4n) is 1.44. The molecular weight excluding hydrogens is 272 g/mol. The fraction of sp³-hybridized carbons (Fsp3) is 0.733. The Morgan fingerprint density at radius 3 is 2.50 bits per heavy atom. The number of nitrogens with one attached hydrogen (secondary N) is 1. The molecule has 0 saturated carbocycles. The molecule has 114 valence electrons. The molecule has 0 saturated heterocycles. The first-order valence-electron chi connectivity index (χ1n) is 6.98. The van der Waals surface area contributed by atoms with Gasteiger partial charge < -0.3 is 10.1 Å². The van der Waals surface area contributed by atoms with E-state index in [-0.39, 0.29) is 11.4 Å². The maximum atomic E-state index is 12.0. The largest absolute Gasteiger partial charge is 0.465 e. The zero-order valence-electron chi connectivity index (χ0n) is 13.5. The molecule has 0 amide bonds. The van der Waals surface area contributed by atoms with E-state index in [0.29, 0.717) is 12.6 Å². The van der Waals surface area contributed by atoms with Crippen molar-refractivity contribution in [3.05, 3.63) is 11.1 Å². The van der Waals surface area contributed by atoms with Crippen LogP contribution in [0, 0.1) is 5.41 Å². The number of hydrogen-bond acceptors (Lipinski definition) is 5. The summed E-state index contributed by atoms with van der Waals surface area (Å²) < 4.78 is 5.11. The Morgan fingerprint density at radius 1 is 1.40 bits per heavy atom. The minimum Gasteiger partial charge on any atom is -0.465 e. The van der Waals surface area contributed by atoms with Crippen molar-refractivity contribution in [3.8, 4) is 0 Å². The minimum absolute atomic E-state index is 0.155. The van der Waals surface area contributed by atoms with Crippen molar-refractivity contribution in [3.63, 3.8) is 0 Å². The van der Waals surface area contributed by atoms with Gasteiger partial charge in [0.15, 0.2) is 5.13 Å². The topological polar surface area (TPSA) is 51.2 Å². The van der Waals surface area contributed by atoms with E-state index in [2.05, 4.69) is 38.0 Å². The predicted molar refractivity (Wildman–Crippen MR) is 84.3 cm³/mol. The highest BCUT2D eigenvalue weighted by Crippen LogP contribution is 2.30. The van der Waals surface area contributed by atoms with Crippen molar-refractivity contribution in [2.45, 2.75) is 59.9 Å². The van der Waals surface area contributed by atoms with Crippen LogP contribution in [0.4, 0.5) is 5.13 Å². The van der Waals surface area contributed by atoms with Gasteiger partial charge in [0.1, 0.15) is 5.41 Å². The number of nitrogens with zero attached hydrogens (tertiary/aromatic N) is 1. The van der Waals surface area contributed by atoms with E-state index >= 15 is 0 Å². The lowest BCUT2D eigenvalue weighted by Gasteiger charge is -2.27. The van der Waals surface area contributed by atoms with Gasteiger partial charge in [0.2, 0.25) is 0 Å². The first kappa shape index (κ1) is 17.0. The first-order chi connectivity index (χ1) is 9.09. The van der Waals surface area contributed by atoms with E-state index in [0.717, 1.165) is 10.8 Å². The summed E-state index contributed by atoms with van der Waals surface area (Å²) >= 11 is 1.53. The third-order valence-electron chi connectivity index (χ3n) is 3.57. The highest BCUT2D eigenvalue weighted by molar-refractivity contribution is 7.13. The predicted octanol–water partition coefficient (Wildman–Crippen LogP) is 3.83. The molecular formula is C15H26N2O2S. The number of carbonyl (C=O) groups is 1. The molecule has 5 heteroatoms. The third kappa shape index (κ3) is 3.95. The number of anilines is 1. The van der Waals surface area contributed by atoms with Crippen molar-refractivity contribution in [2.24, 2.45) is 5.41 Å². The van der Waals surface area contributed by atoms with Gasteiger partial charge >= 0.3 is 5.97 Å².